The average Bonchev–Trinajstić information content (AvgIpc) is 2.94. The van der Waals surface area contributed by atoms with Crippen LogP contribution in [0.2, 0.25) is 0 Å². The summed E-state index contributed by atoms with van der Waals surface area (Å²) in [5.41, 5.74) is 7.92. The maximum Gasteiger partial charge on any atom is 0.0645 e. The third-order valence-electron chi connectivity index (χ3n) is 2.96. The van der Waals surface area contributed by atoms with Crippen molar-refractivity contribution in [3.05, 3.63) is 48.3 Å². The number of para-hydroxylation sites is 1. The van der Waals surface area contributed by atoms with E-state index in [0.717, 1.165) is 17.8 Å². The molecule has 0 fully saturated rings. The number of aromatic nitrogens is 2. The summed E-state index contributed by atoms with van der Waals surface area (Å²) in [6, 6.07) is 10.1. The quantitative estimate of drug-likeness (QED) is 0.732. The molecule has 19 heavy (non-hydrogen) atoms. The van der Waals surface area contributed by atoms with Crippen LogP contribution < -0.4 is 11.1 Å². The van der Waals surface area contributed by atoms with E-state index in [1.165, 1.54) is 0 Å². The van der Waals surface area contributed by atoms with Crippen LogP contribution in [0.5, 0.6) is 0 Å². The Morgan fingerprint density at radius 2 is 2.16 bits per heavy atom. The second kappa shape index (κ2) is 7.04. The minimum absolute atomic E-state index is 0.104. The first-order valence-electron chi connectivity index (χ1n) is 6.37. The highest BCUT2D eigenvalue weighted by molar-refractivity contribution is 5.31. The van der Waals surface area contributed by atoms with Gasteiger partial charge in [0.15, 0.2) is 0 Å². The van der Waals surface area contributed by atoms with Gasteiger partial charge in [-0.05, 0) is 12.1 Å². The van der Waals surface area contributed by atoms with Gasteiger partial charge in [-0.25, -0.2) is 4.68 Å². The van der Waals surface area contributed by atoms with Crippen LogP contribution in [0.25, 0.3) is 5.69 Å². The fraction of sp³-hybridized carbons (Fsp3) is 0.357. The van der Waals surface area contributed by atoms with Crippen molar-refractivity contribution in [2.24, 2.45) is 5.73 Å². The Bertz CT molecular complexity index is 483. The molecule has 0 saturated carbocycles. The number of benzene rings is 1. The van der Waals surface area contributed by atoms with E-state index in [1.54, 1.807) is 7.11 Å². The summed E-state index contributed by atoms with van der Waals surface area (Å²) in [5.74, 6) is 0. The molecule has 0 spiro atoms. The van der Waals surface area contributed by atoms with Gasteiger partial charge >= 0.3 is 0 Å². The Balaban J connectivity index is 2.06. The third kappa shape index (κ3) is 3.64. The van der Waals surface area contributed by atoms with Crippen molar-refractivity contribution < 1.29 is 4.74 Å². The monoisotopic (exact) mass is 260 g/mol. The van der Waals surface area contributed by atoms with Gasteiger partial charge in [-0.2, -0.15) is 5.10 Å². The number of methoxy groups -OCH3 is 1. The summed E-state index contributed by atoms with van der Waals surface area (Å²) in [7, 11) is 1.69. The van der Waals surface area contributed by atoms with Gasteiger partial charge in [-0.1, -0.05) is 18.2 Å². The lowest BCUT2D eigenvalue weighted by Gasteiger charge is -2.14. The largest absolute Gasteiger partial charge is 0.383 e. The van der Waals surface area contributed by atoms with Crippen LogP contribution in [-0.4, -0.2) is 36.6 Å². The zero-order valence-electron chi connectivity index (χ0n) is 11.1. The van der Waals surface area contributed by atoms with E-state index in [1.807, 2.05) is 47.4 Å². The normalized spacial score (nSPS) is 12.5. The van der Waals surface area contributed by atoms with E-state index in [4.69, 9.17) is 10.5 Å². The van der Waals surface area contributed by atoms with Crippen LogP contribution >= 0.6 is 0 Å². The number of nitrogens with two attached hydrogens (primary N) is 1. The van der Waals surface area contributed by atoms with Gasteiger partial charge in [0.25, 0.3) is 0 Å². The summed E-state index contributed by atoms with van der Waals surface area (Å²) in [4.78, 5) is 0. The van der Waals surface area contributed by atoms with Gasteiger partial charge in [0, 0.05) is 38.0 Å². The molecule has 2 rings (SSSR count). The second-order valence-electron chi connectivity index (χ2n) is 4.29. The molecule has 1 aromatic heterocycles. The van der Waals surface area contributed by atoms with Crippen molar-refractivity contribution in [3.63, 3.8) is 0 Å². The van der Waals surface area contributed by atoms with E-state index in [9.17, 15) is 0 Å². The molecular formula is C14H20N4O. The molecule has 1 aromatic carbocycles. The van der Waals surface area contributed by atoms with Crippen molar-refractivity contribution in [3.8, 4) is 5.69 Å². The average molecular weight is 260 g/mol. The fourth-order valence-corrected chi connectivity index (χ4v) is 1.91. The Morgan fingerprint density at radius 3 is 2.84 bits per heavy atom. The van der Waals surface area contributed by atoms with Crippen molar-refractivity contribution >= 4 is 0 Å². The van der Waals surface area contributed by atoms with E-state index in [0.29, 0.717) is 13.2 Å². The molecule has 1 atom stereocenters. The van der Waals surface area contributed by atoms with Crippen molar-refractivity contribution in [2.45, 2.75) is 6.04 Å². The molecule has 5 heteroatoms. The van der Waals surface area contributed by atoms with Crippen LogP contribution in [0, 0.1) is 0 Å². The lowest BCUT2D eigenvalue weighted by Crippen LogP contribution is -2.30. The molecule has 5 nitrogen and oxygen atoms in total. The summed E-state index contributed by atoms with van der Waals surface area (Å²) in [6.45, 7) is 1.97. The summed E-state index contributed by atoms with van der Waals surface area (Å²) in [5, 5.41) is 7.72. The molecule has 1 unspecified atom stereocenters. The summed E-state index contributed by atoms with van der Waals surface area (Å²) >= 11 is 0. The molecule has 0 aliphatic rings. The minimum atomic E-state index is 0.104. The van der Waals surface area contributed by atoms with Gasteiger partial charge in [-0.15, -0.1) is 0 Å². The van der Waals surface area contributed by atoms with Crippen LogP contribution in [0.4, 0.5) is 0 Å². The lowest BCUT2D eigenvalue weighted by molar-refractivity contribution is 0.196. The van der Waals surface area contributed by atoms with Gasteiger partial charge in [0.1, 0.15) is 0 Å². The molecule has 0 aliphatic carbocycles. The van der Waals surface area contributed by atoms with Crippen molar-refractivity contribution in [1.82, 2.24) is 15.1 Å². The Morgan fingerprint density at radius 1 is 1.37 bits per heavy atom. The number of nitrogens with one attached hydrogen (secondary N) is 1. The highest BCUT2D eigenvalue weighted by Crippen LogP contribution is 2.13. The highest BCUT2D eigenvalue weighted by Gasteiger charge is 2.11. The topological polar surface area (TPSA) is 65.1 Å². The molecule has 0 aliphatic heterocycles. The third-order valence-corrected chi connectivity index (χ3v) is 2.96. The van der Waals surface area contributed by atoms with E-state index < -0.39 is 0 Å². The maximum absolute atomic E-state index is 5.79. The minimum Gasteiger partial charge on any atom is -0.383 e. The Kier molecular flexibility index (Phi) is 5.09. The predicted octanol–water partition coefficient (Wildman–Crippen LogP) is 1.11. The Labute approximate surface area is 113 Å². The molecular weight excluding hydrogens is 240 g/mol. The second-order valence-corrected chi connectivity index (χ2v) is 4.29. The van der Waals surface area contributed by atoms with E-state index >= 15 is 0 Å². The van der Waals surface area contributed by atoms with Gasteiger partial charge in [-0.3, -0.25) is 0 Å². The first-order chi connectivity index (χ1) is 9.35. The first kappa shape index (κ1) is 13.7. The lowest BCUT2D eigenvalue weighted by atomic mass is 10.1. The van der Waals surface area contributed by atoms with Gasteiger partial charge in [0.2, 0.25) is 0 Å². The SMILES string of the molecule is COCCNC(CN)c1cnn(-c2ccccc2)c1. The molecule has 1 heterocycles. The summed E-state index contributed by atoms with van der Waals surface area (Å²) in [6.07, 6.45) is 3.86. The maximum atomic E-state index is 5.79. The molecule has 0 saturated heterocycles. The molecule has 0 radical (unpaired) electrons. The van der Waals surface area contributed by atoms with Crippen molar-refractivity contribution in [2.75, 3.05) is 26.8 Å². The van der Waals surface area contributed by atoms with Crippen LogP contribution in [-0.2, 0) is 4.74 Å². The fourth-order valence-electron chi connectivity index (χ4n) is 1.91. The van der Waals surface area contributed by atoms with E-state index in [2.05, 4.69) is 10.4 Å². The zero-order valence-corrected chi connectivity index (χ0v) is 11.1. The highest BCUT2D eigenvalue weighted by atomic mass is 16.5. The smallest absolute Gasteiger partial charge is 0.0645 e. The molecule has 0 bridgehead atoms. The summed E-state index contributed by atoms with van der Waals surface area (Å²) < 4.78 is 6.88. The van der Waals surface area contributed by atoms with Crippen molar-refractivity contribution in [1.29, 1.82) is 0 Å². The molecule has 3 N–H and O–H groups in total. The number of nitrogens with zero attached hydrogens (tertiary/aromatic N) is 2. The molecule has 2 aromatic rings. The molecule has 102 valence electrons. The van der Waals surface area contributed by atoms with Crippen LogP contribution in [0.1, 0.15) is 11.6 Å². The standard InChI is InChI=1S/C14H20N4O/c1-19-8-7-16-14(9-15)12-10-17-18(11-12)13-5-3-2-4-6-13/h2-6,10-11,14,16H,7-9,15H2,1H3. The van der Waals surface area contributed by atoms with Gasteiger partial charge in [0.05, 0.1) is 18.5 Å². The number of hydrogen-bond donors (Lipinski definition) is 2. The Hall–Kier alpha value is -1.69. The zero-order chi connectivity index (χ0) is 13.5. The number of rotatable bonds is 7. The predicted molar refractivity (Wildman–Crippen MR) is 75.2 cm³/mol. The number of ether oxygens (including phenoxy) is 1. The van der Waals surface area contributed by atoms with Crippen LogP contribution in [0.3, 0.4) is 0 Å². The first-order valence-corrected chi connectivity index (χ1v) is 6.37. The van der Waals surface area contributed by atoms with E-state index in [-0.39, 0.29) is 6.04 Å². The number of hydrogen-bond acceptors (Lipinski definition) is 4. The van der Waals surface area contributed by atoms with Crippen LogP contribution in [0.15, 0.2) is 42.7 Å². The van der Waals surface area contributed by atoms with Gasteiger partial charge < -0.3 is 15.8 Å². The molecule has 0 amide bonds.